The molecule has 0 aromatic carbocycles. The minimum absolute atomic E-state index is 0.271. The highest BCUT2D eigenvalue weighted by Crippen LogP contribution is 2.30. The molecule has 6 nitrogen and oxygen atoms in total. The molecule has 104 valence electrons. The standard InChI is InChI=1S/C14H18N6/c15-14-19-12(10-5-3-1-2-4-6-10)18-13(20-14)11-7-8-16-9-17-11/h7-10H,1-6H2,(H2,15,18,19,20). The van der Waals surface area contributed by atoms with Crippen LogP contribution in [-0.2, 0) is 0 Å². The van der Waals surface area contributed by atoms with E-state index >= 15 is 0 Å². The number of nitrogens with two attached hydrogens (primary N) is 1. The predicted octanol–water partition coefficient (Wildman–Crippen LogP) is 2.35. The molecule has 0 bridgehead atoms. The molecule has 1 fully saturated rings. The molecule has 20 heavy (non-hydrogen) atoms. The lowest BCUT2D eigenvalue weighted by Crippen LogP contribution is -2.09. The molecule has 0 saturated heterocycles. The molecule has 1 saturated carbocycles. The lowest BCUT2D eigenvalue weighted by atomic mass is 9.99. The van der Waals surface area contributed by atoms with Crippen LogP contribution in [0.4, 0.5) is 5.95 Å². The number of rotatable bonds is 2. The SMILES string of the molecule is Nc1nc(-c2ccncn2)nc(C2CCCCCC2)n1. The van der Waals surface area contributed by atoms with Gasteiger partial charge in [-0.3, -0.25) is 0 Å². The maximum atomic E-state index is 5.84. The molecule has 6 heteroatoms. The van der Waals surface area contributed by atoms with Crippen LogP contribution in [0.15, 0.2) is 18.6 Å². The fourth-order valence-corrected chi connectivity index (χ4v) is 2.67. The van der Waals surface area contributed by atoms with Gasteiger partial charge in [-0.25, -0.2) is 15.0 Å². The van der Waals surface area contributed by atoms with Gasteiger partial charge in [0.2, 0.25) is 5.95 Å². The summed E-state index contributed by atoms with van der Waals surface area (Å²) in [5.74, 6) is 2.02. The molecule has 0 aliphatic heterocycles. The number of hydrogen-bond acceptors (Lipinski definition) is 6. The van der Waals surface area contributed by atoms with E-state index in [-0.39, 0.29) is 5.95 Å². The van der Waals surface area contributed by atoms with E-state index < -0.39 is 0 Å². The van der Waals surface area contributed by atoms with E-state index in [0.717, 1.165) is 18.7 Å². The Balaban J connectivity index is 1.94. The van der Waals surface area contributed by atoms with Crippen molar-refractivity contribution >= 4 is 5.95 Å². The number of nitrogen functional groups attached to an aromatic ring is 1. The molecule has 2 aromatic heterocycles. The highest BCUT2D eigenvalue weighted by molar-refractivity contribution is 5.49. The summed E-state index contributed by atoms with van der Waals surface area (Å²) in [6.07, 6.45) is 10.5. The highest BCUT2D eigenvalue weighted by Gasteiger charge is 2.19. The molecule has 2 aromatic rings. The zero-order chi connectivity index (χ0) is 13.8. The van der Waals surface area contributed by atoms with Gasteiger partial charge in [0.15, 0.2) is 5.82 Å². The Morgan fingerprint density at radius 1 is 1.00 bits per heavy atom. The average Bonchev–Trinajstić information content (AvgIpc) is 2.77. The summed E-state index contributed by atoms with van der Waals surface area (Å²) < 4.78 is 0. The summed E-state index contributed by atoms with van der Waals surface area (Å²) in [4.78, 5) is 21.2. The fourth-order valence-electron chi connectivity index (χ4n) is 2.67. The normalized spacial score (nSPS) is 16.8. The maximum absolute atomic E-state index is 5.84. The van der Waals surface area contributed by atoms with Crippen molar-refractivity contribution < 1.29 is 0 Å². The first-order chi connectivity index (χ1) is 9.83. The van der Waals surface area contributed by atoms with E-state index in [2.05, 4.69) is 24.9 Å². The maximum Gasteiger partial charge on any atom is 0.223 e. The van der Waals surface area contributed by atoms with Gasteiger partial charge in [0, 0.05) is 12.1 Å². The van der Waals surface area contributed by atoms with Gasteiger partial charge in [0.05, 0.1) is 0 Å². The first-order valence-electron chi connectivity index (χ1n) is 7.11. The molecule has 3 rings (SSSR count). The summed E-state index contributed by atoms with van der Waals surface area (Å²) in [5.41, 5.74) is 6.52. The monoisotopic (exact) mass is 270 g/mol. The third-order valence-electron chi connectivity index (χ3n) is 3.70. The Kier molecular flexibility index (Phi) is 3.80. The first kappa shape index (κ1) is 12.9. The fraction of sp³-hybridized carbons (Fsp3) is 0.500. The van der Waals surface area contributed by atoms with Crippen LogP contribution < -0.4 is 5.73 Å². The van der Waals surface area contributed by atoms with Gasteiger partial charge in [0.1, 0.15) is 17.8 Å². The van der Waals surface area contributed by atoms with E-state index in [4.69, 9.17) is 5.73 Å². The number of nitrogens with zero attached hydrogens (tertiary/aromatic N) is 5. The molecule has 0 spiro atoms. The van der Waals surface area contributed by atoms with Crippen LogP contribution in [0.25, 0.3) is 11.5 Å². The lowest BCUT2D eigenvalue weighted by Gasteiger charge is -2.13. The van der Waals surface area contributed by atoms with Crippen LogP contribution in [-0.4, -0.2) is 24.9 Å². The third kappa shape index (κ3) is 2.89. The summed E-state index contributed by atoms with van der Waals surface area (Å²) in [6.45, 7) is 0. The van der Waals surface area contributed by atoms with E-state index in [1.165, 1.54) is 32.0 Å². The van der Waals surface area contributed by atoms with Gasteiger partial charge in [-0.1, -0.05) is 25.7 Å². The largest absolute Gasteiger partial charge is 0.368 e. The topological polar surface area (TPSA) is 90.5 Å². The molecular weight excluding hydrogens is 252 g/mol. The van der Waals surface area contributed by atoms with Crippen molar-refractivity contribution in [3.63, 3.8) is 0 Å². The number of aromatic nitrogens is 5. The molecule has 2 heterocycles. The summed E-state index contributed by atoms with van der Waals surface area (Å²) in [6, 6.07) is 1.78. The Bertz CT molecular complexity index is 563. The van der Waals surface area contributed by atoms with Crippen molar-refractivity contribution in [3.8, 4) is 11.5 Å². The van der Waals surface area contributed by atoms with Crippen LogP contribution in [0.5, 0.6) is 0 Å². The van der Waals surface area contributed by atoms with Gasteiger partial charge in [-0.15, -0.1) is 0 Å². The van der Waals surface area contributed by atoms with E-state index in [1.54, 1.807) is 12.3 Å². The molecule has 1 aliphatic carbocycles. The zero-order valence-corrected chi connectivity index (χ0v) is 11.4. The van der Waals surface area contributed by atoms with Gasteiger partial charge in [-0.05, 0) is 18.9 Å². The summed E-state index contributed by atoms with van der Waals surface area (Å²) >= 11 is 0. The van der Waals surface area contributed by atoms with Crippen molar-refractivity contribution in [2.75, 3.05) is 5.73 Å². The van der Waals surface area contributed by atoms with E-state index in [9.17, 15) is 0 Å². The second-order valence-corrected chi connectivity index (χ2v) is 5.16. The summed E-state index contributed by atoms with van der Waals surface area (Å²) in [5, 5.41) is 0. The Labute approximate surface area is 117 Å². The van der Waals surface area contributed by atoms with Crippen LogP contribution >= 0.6 is 0 Å². The minimum atomic E-state index is 0.271. The van der Waals surface area contributed by atoms with Crippen molar-refractivity contribution in [2.45, 2.75) is 44.4 Å². The van der Waals surface area contributed by atoms with Crippen LogP contribution in [0, 0.1) is 0 Å². The van der Waals surface area contributed by atoms with Crippen molar-refractivity contribution in [3.05, 3.63) is 24.4 Å². The van der Waals surface area contributed by atoms with E-state index in [1.807, 2.05) is 0 Å². The number of anilines is 1. The molecule has 2 N–H and O–H groups in total. The average molecular weight is 270 g/mol. The quantitative estimate of drug-likeness (QED) is 0.842. The van der Waals surface area contributed by atoms with Crippen molar-refractivity contribution in [2.24, 2.45) is 0 Å². The lowest BCUT2D eigenvalue weighted by molar-refractivity contribution is 0.559. The number of hydrogen-bond donors (Lipinski definition) is 1. The van der Waals surface area contributed by atoms with Gasteiger partial charge in [-0.2, -0.15) is 9.97 Å². The third-order valence-corrected chi connectivity index (χ3v) is 3.70. The van der Waals surface area contributed by atoms with Crippen molar-refractivity contribution in [1.29, 1.82) is 0 Å². The van der Waals surface area contributed by atoms with Gasteiger partial charge < -0.3 is 5.73 Å². The first-order valence-corrected chi connectivity index (χ1v) is 7.11. The smallest absolute Gasteiger partial charge is 0.223 e. The highest BCUT2D eigenvalue weighted by atomic mass is 15.1. The molecule has 0 radical (unpaired) electrons. The molecule has 1 aliphatic rings. The minimum Gasteiger partial charge on any atom is -0.368 e. The summed E-state index contributed by atoms with van der Waals surface area (Å²) in [7, 11) is 0. The van der Waals surface area contributed by atoms with Gasteiger partial charge in [0.25, 0.3) is 0 Å². The molecular formula is C14H18N6. The Morgan fingerprint density at radius 2 is 1.80 bits per heavy atom. The van der Waals surface area contributed by atoms with Crippen molar-refractivity contribution in [1.82, 2.24) is 24.9 Å². The Morgan fingerprint density at radius 3 is 2.50 bits per heavy atom. The second-order valence-electron chi connectivity index (χ2n) is 5.16. The van der Waals surface area contributed by atoms with Crippen LogP contribution in [0.1, 0.15) is 50.3 Å². The molecule has 0 unspecified atom stereocenters. The molecule has 0 atom stereocenters. The predicted molar refractivity (Wildman–Crippen MR) is 75.7 cm³/mol. The Hall–Kier alpha value is -2.11. The van der Waals surface area contributed by atoms with Crippen LogP contribution in [0.2, 0.25) is 0 Å². The van der Waals surface area contributed by atoms with Crippen LogP contribution in [0.3, 0.4) is 0 Å². The van der Waals surface area contributed by atoms with Gasteiger partial charge >= 0.3 is 0 Å². The van der Waals surface area contributed by atoms with E-state index in [0.29, 0.717) is 17.4 Å². The molecule has 0 amide bonds. The second kappa shape index (κ2) is 5.90. The zero-order valence-electron chi connectivity index (χ0n) is 11.4.